The van der Waals surface area contributed by atoms with E-state index in [0.717, 1.165) is 6.07 Å². The first-order valence-electron chi connectivity index (χ1n) is 5.20. The Kier molecular flexibility index (Phi) is 3.19. The molecule has 0 saturated heterocycles. The maximum absolute atomic E-state index is 13.6. The van der Waals surface area contributed by atoms with E-state index in [9.17, 15) is 14.0 Å². The van der Waals surface area contributed by atoms with Crippen molar-refractivity contribution in [2.75, 3.05) is 0 Å². The molecule has 0 fully saturated rings. The molecule has 1 N–H and O–H groups in total. The van der Waals surface area contributed by atoms with Crippen LogP contribution in [0.1, 0.15) is 20.7 Å². The third-order valence-corrected chi connectivity index (χ3v) is 2.57. The number of halogens is 1. The van der Waals surface area contributed by atoms with Crippen molar-refractivity contribution in [2.24, 2.45) is 0 Å². The predicted octanol–water partition coefficient (Wildman–Crippen LogP) is 3.00. The lowest BCUT2D eigenvalue weighted by Gasteiger charge is -2.05. The SMILES string of the molecule is O=Cc1ccc(-c2cc(C(=O)O)ccc2F)cc1. The van der Waals surface area contributed by atoms with Crippen LogP contribution in [0.3, 0.4) is 0 Å². The van der Waals surface area contributed by atoms with E-state index < -0.39 is 11.8 Å². The summed E-state index contributed by atoms with van der Waals surface area (Å²) in [6.07, 6.45) is 0.688. The second-order valence-electron chi connectivity index (χ2n) is 3.74. The molecule has 90 valence electrons. The fourth-order valence-corrected chi connectivity index (χ4v) is 1.62. The van der Waals surface area contributed by atoms with Gasteiger partial charge < -0.3 is 5.11 Å². The molecule has 0 amide bonds. The normalized spacial score (nSPS) is 10.1. The molecule has 3 nitrogen and oxygen atoms in total. The van der Waals surface area contributed by atoms with Crippen LogP contribution in [0.2, 0.25) is 0 Å². The zero-order chi connectivity index (χ0) is 13.1. The molecule has 0 aromatic heterocycles. The number of hydrogen-bond acceptors (Lipinski definition) is 2. The van der Waals surface area contributed by atoms with Gasteiger partial charge in [-0.25, -0.2) is 9.18 Å². The molecular weight excluding hydrogens is 235 g/mol. The summed E-state index contributed by atoms with van der Waals surface area (Å²) in [4.78, 5) is 21.3. The fourth-order valence-electron chi connectivity index (χ4n) is 1.62. The highest BCUT2D eigenvalue weighted by atomic mass is 19.1. The Balaban J connectivity index is 2.51. The van der Waals surface area contributed by atoms with Crippen molar-refractivity contribution in [3.8, 4) is 11.1 Å². The van der Waals surface area contributed by atoms with E-state index >= 15 is 0 Å². The van der Waals surface area contributed by atoms with Crippen molar-refractivity contribution in [3.63, 3.8) is 0 Å². The minimum Gasteiger partial charge on any atom is -0.478 e. The monoisotopic (exact) mass is 244 g/mol. The van der Waals surface area contributed by atoms with Gasteiger partial charge in [0.05, 0.1) is 5.56 Å². The highest BCUT2D eigenvalue weighted by Crippen LogP contribution is 2.24. The molecule has 2 rings (SSSR count). The van der Waals surface area contributed by atoms with Crippen LogP contribution in [0.4, 0.5) is 4.39 Å². The van der Waals surface area contributed by atoms with Crippen LogP contribution in [-0.4, -0.2) is 17.4 Å². The van der Waals surface area contributed by atoms with Crippen molar-refractivity contribution in [1.82, 2.24) is 0 Å². The molecule has 0 bridgehead atoms. The topological polar surface area (TPSA) is 54.4 Å². The Morgan fingerprint density at radius 1 is 1.11 bits per heavy atom. The molecule has 0 atom stereocenters. The van der Waals surface area contributed by atoms with E-state index in [-0.39, 0.29) is 11.1 Å². The number of carboxylic acid groups (broad SMARTS) is 1. The Morgan fingerprint density at radius 2 is 1.78 bits per heavy atom. The molecule has 0 spiro atoms. The lowest BCUT2D eigenvalue weighted by atomic mass is 10.0. The largest absolute Gasteiger partial charge is 0.478 e. The Labute approximate surface area is 103 Å². The van der Waals surface area contributed by atoms with E-state index in [1.807, 2.05) is 0 Å². The van der Waals surface area contributed by atoms with Gasteiger partial charge in [-0.05, 0) is 23.8 Å². The smallest absolute Gasteiger partial charge is 0.335 e. The molecule has 4 heteroatoms. The molecule has 0 unspecified atom stereocenters. The summed E-state index contributed by atoms with van der Waals surface area (Å²) in [5, 5.41) is 8.86. The second-order valence-corrected chi connectivity index (χ2v) is 3.74. The maximum atomic E-state index is 13.6. The number of carbonyl (C=O) groups excluding carboxylic acids is 1. The van der Waals surface area contributed by atoms with Crippen LogP contribution >= 0.6 is 0 Å². The van der Waals surface area contributed by atoms with Gasteiger partial charge in [0.2, 0.25) is 0 Å². The second kappa shape index (κ2) is 4.79. The number of rotatable bonds is 3. The van der Waals surface area contributed by atoms with Gasteiger partial charge >= 0.3 is 5.97 Å². The van der Waals surface area contributed by atoms with Crippen LogP contribution in [0.15, 0.2) is 42.5 Å². The van der Waals surface area contributed by atoms with Gasteiger partial charge in [-0.3, -0.25) is 4.79 Å². The Hall–Kier alpha value is -2.49. The summed E-state index contributed by atoms with van der Waals surface area (Å²) in [5.74, 6) is -1.61. The van der Waals surface area contributed by atoms with E-state index in [2.05, 4.69) is 0 Å². The highest BCUT2D eigenvalue weighted by molar-refractivity contribution is 5.89. The minimum atomic E-state index is -1.11. The summed E-state index contributed by atoms with van der Waals surface area (Å²) in [7, 11) is 0. The summed E-state index contributed by atoms with van der Waals surface area (Å²) in [6, 6.07) is 9.85. The average Bonchev–Trinajstić information content (AvgIpc) is 2.39. The lowest BCUT2D eigenvalue weighted by Crippen LogP contribution is -1.97. The molecule has 0 aliphatic carbocycles. The van der Waals surface area contributed by atoms with E-state index in [0.29, 0.717) is 17.4 Å². The van der Waals surface area contributed by atoms with E-state index in [4.69, 9.17) is 5.11 Å². The van der Waals surface area contributed by atoms with E-state index in [1.54, 1.807) is 24.3 Å². The summed E-state index contributed by atoms with van der Waals surface area (Å²) < 4.78 is 13.6. The molecular formula is C14H9FO3. The Morgan fingerprint density at radius 3 is 2.33 bits per heavy atom. The van der Waals surface area contributed by atoms with Gasteiger partial charge in [-0.15, -0.1) is 0 Å². The number of carboxylic acids is 1. The minimum absolute atomic E-state index is 0.0193. The summed E-state index contributed by atoms with van der Waals surface area (Å²) in [6.45, 7) is 0. The van der Waals surface area contributed by atoms with Gasteiger partial charge in [0.15, 0.2) is 0 Å². The first kappa shape index (κ1) is 12.0. The van der Waals surface area contributed by atoms with Gasteiger partial charge in [0, 0.05) is 11.1 Å². The fraction of sp³-hybridized carbons (Fsp3) is 0. The standard InChI is InChI=1S/C14H9FO3/c15-13-6-5-11(14(17)18)7-12(13)10-3-1-9(8-16)2-4-10/h1-8H,(H,17,18). The zero-order valence-corrected chi connectivity index (χ0v) is 9.26. The van der Waals surface area contributed by atoms with Crippen molar-refractivity contribution in [1.29, 1.82) is 0 Å². The first-order valence-corrected chi connectivity index (χ1v) is 5.20. The maximum Gasteiger partial charge on any atom is 0.335 e. The number of benzene rings is 2. The first-order chi connectivity index (χ1) is 8.61. The average molecular weight is 244 g/mol. The highest BCUT2D eigenvalue weighted by Gasteiger charge is 2.10. The zero-order valence-electron chi connectivity index (χ0n) is 9.26. The summed E-state index contributed by atoms with van der Waals surface area (Å²) in [5.41, 5.74) is 1.23. The van der Waals surface area contributed by atoms with Crippen LogP contribution in [-0.2, 0) is 0 Å². The summed E-state index contributed by atoms with van der Waals surface area (Å²) >= 11 is 0. The Bertz CT molecular complexity index is 603. The van der Waals surface area contributed by atoms with Crippen LogP contribution in [0, 0.1) is 5.82 Å². The molecule has 0 aliphatic heterocycles. The van der Waals surface area contributed by atoms with Gasteiger partial charge in [0.1, 0.15) is 12.1 Å². The van der Waals surface area contributed by atoms with Crippen LogP contribution in [0.5, 0.6) is 0 Å². The molecule has 2 aromatic carbocycles. The van der Waals surface area contributed by atoms with E-state index in [1.165, 1.54) is 12.1 Å². The number of aldehydes is 1. The molecule has 0 aliphatic rings. The van der Waals surface area contributed by atoms with Crippen molar-refractivity contribution in [3.05, 3.63) is 59.4 Å². The van der Waals surface area contributed by atoms with Gasteiger partial charge in [0.25, 0.3) is 0 Å². The molecule has 0 saturated carbocycles. The quantitative estimate of drug-likeness (QED) is 0.844. The van der Waals surface area contributed by atoms with Crippen molar-refractivity contribution >= 4 is 12.3 Å². The van der Waals surface area contributed by atoms with Crippen LogP contribution < -0.4 is 0 Å². The lowest BCUT2D eigenvalue weighted by molar-refractivity contribution is 0.0696. The number of carbonyl (C=O) groups is 2. The number of aromatic carboxylic acids is 1. The van der Waals surface area contributed by atoms with Gasteiger partial charge in [-0.2, -0.15) is 0 Å². The van der Waals surface area contributed by atoms with Gasteiger partial charge in [-0.1, -0.05) is 24.3 Å². The van der Waals surface area contributed by atoms with Crippen molar-refractivity contribution in [2.45, 2.75) is 0 Å². The third-order valence-electron chi connectivity index (χ3n) is 2.57. The third kappa shape index (κ3) is 2.27. The predicted molar refractivity (Wildman–Crippen MR) is 64.2 cm³/mol. The molecule has 0 radical (unpaired) electrons. The molecule has 18 heavy (non-hydrogen) atoms. The van der Waals surface area contributed by atoms with Crippen LogP contribution in [0.25, 0.3) is 11.1 Å². The number of hydrogen-bond donors (Lipinski definition) is 1. The molecule has 2 aromatic rings. The molecule has 0 heterocycles. The van der Waals surface area contributed by atoms with Crippen molar-refractivity contribution < 1.29 is 19.1 Å².